The van der Waals surface area contributed by atoms with Crippen LogP contribution in [0.5, 0.6) is 11.5 Å². The molecule has 0 aliphatic carbocycles. The number of hydrogen-bond acceptors (Lipinski definition) is 3. The Morgan fingerprint density at radius 3 is 2.52 bits per heavy atom. The van der Waals surface area contributed by atoms with Crippen molar-refractivity contribution in [2.24, 2.45) is 0 Å². The van der Waals surface area contributed by atoms with Gasteiger partial charge in [-0.2, -0.15) is 0 Å². The number of anilines is 2. The summed E-state index contributed by atoms with van der Waals surface area (Å²) < 4.78 is 5.89. The first-order valence-corrected chi connectivity index (χ1v) is 8.03. The van der Waals surface area contributed by atoms with E-state index in [-0.39, 0.29) is 17.5 Å². The minimum Gasteiger partial charge on any atom is -0.454 e. The van der Waals surface area contributed by atoms with Crippen LogP contribution in [0.1, 0.15) is 31.1 Å². The van der Waals surface area contributed by atoms with Gasteiger partial charge < -0.3 is 20.3 Å². The van der Waals surface area contributed by atoms with E-state index in [1.807, 2.05) is 45.0 Å². The van der Waals surface area contributed by atoms with E-state index in [4.69, 9.17) is 4.74 Å². The molecule has 1 aliphatic heterocycles. The normalized spacial score (nSPS) is 13.3. The van der Waals surface area contributed by atoms with Gasteiger partial charge in [0, 0.05) is 18.3 Å². The van der Waals surface area contributed by atoms with Crippen molar-refractivity contribution >= 4 is 23.3 Å². The predicted octanol–water partition coefficient (Wildman–Crippen LogP) is 3.99. The van der Waals surface area contributed by atoms with E-state index in [0.29, 0.717) is 28.4 Å². The minimum atomic E-state index is -0.351. The molecule has 1 heterocycles. The molecule has 0 saturated heterocycles. The number of rotatable bonds is 1. The van der Waals surface area contributed by atoms with E-state index in [0.717, 1.165) is 0 Å². The average molecular weight is 339 g/mol. The molecule has 6 heteroatoms. The van der Waals surface area contributed by atoms with Gasteiger partial charge in [-0.05, 0) is 51.1 Å². The van der Waals surface area contributed by atoms with Gasteiger partial charge >= 0.3 is 6.03 Å². The van der Waals surface area contributed by atoms with Gasteiger partial charge in [0.2, 0.25) is 0 Å². The number of carbonyl (C=O) groups is 2. The summed E-state index contributed by atoms with van der Waals surface area (Å²) in [4.78, 5) is 26.4. The first-order chi connectivity index (χ1) is 11.7. The van der Waals surface area contributed by atoms with Gasteiger partial charge in [0.15, 0.2) is 5.75 Å². The van der Waals surface area contributed by atoms with E-state index in [1.54, 1.807) is 30.1 Å². The molecule has 2 N–H and O–H groups in total. The fourth-order valence-electron chi connectivity index (χ4n) is 2.60. The molecule has 1 aliphatic rings. The number of para-hydroxylation sites is 2. The molecule has 0 atom stereocenters. The number of amides is 3. The van der Waals surface area contributed by atoms with Crippen LogP contribution >= 0.6 is 0 Å². The summed E-state index contributed by atoms with van der Waals surface area (Å²) >= 11 is 0. The summed E-state index contributed by atoms with van der Waals surface area (Å²) in [6.07, 6.45) is 0. The van der Waals surface area contributed by atoms with Crippen LogP contribution in [0.3, 0.4) is 0 Å². The maximum Gasteiger partial charge on any atom is 0.319 e. The smallest absolute Gasteiger partial charge is 0.319 e. The zero-order chi connectivity index (χ0) is 18.2. The Morgan fingerprint density at radius 1 is 1.08 bits per heavy atom. The van der Waals surface area contributed by atoms with Crippen LogP contribution in [0, 0.1) is 0 Å². The van der Waals surface area contributed by atoms with Crippen LogP contribution in [-0.4, -0.2) is 24.5 Å². The van der Waals surface area contributed by atoms with E-state index in [9.17, 15) is 9.59 Å². The van der Waals surface area contributed by atoms with Crippen molar-refractivity contribution < 1.29 is 14.3 Å². The Hall–Kier alpha value is -3.02. The molecular formula is C19H21N3O3. The van der Waals surface area contributed by atoms with E-state index in [2.05, 4.69) is 10.6 Å². The van der Waals surface area contributed by atoms with Crippen molar-refractivity contribution in [2.45, 2.75) is 26.3 Å². The monoisotopic (exact) mass is 339 g/mol. The zero-order valence-electron chi connectivity index (χ0n) is 14.7. The van der Waals surface area contributed by atoms with Crippen LogP contribution in [0.2, 0.25) is 0 Å². The van der Waals surface area contributed by atoms with Crippen LogP contribution in [-0.2, 0) is 0 Å². The Labute approximate surface area is 146 Å². The van der Waals surface area contributed by atoms with Gasteiger partial charge in [0.05, 0.1) is 11.3 Å². The van der Waals surface area contributed by atoms with E-state index < -0.39 is 0 Å². The third-order valence-electron chi connectivity index (χ3n) is 3.71. The van der Waals surface area contributed by atoms with Crippen molar-refractivity contribution in [3.8, 4) is 11.5 Å². The minimum absolute atomic E-state index is 0.195. The number of urea groups is 1. The molecule has 0 aromatic heterocycles. The van der Waals surface area contributed by atoms with Crippen molar-refractivity contribution in [1.82, 2.24) is 5.32 Å². The zero-order valence-corrected chi connectivity index (χ0v) is 14.7. The Balaban J connectivity index is 1.91. The number of carbonyl (C=O) groups excluding carboxylic acids is 2. The van der Waals surface area contributed by atoms with E-state index >= 15 is 0 Å². The molecule has 25 heavy (non-hydrogen) atoms. The van der Waals surface area contributed by atoms with Crippen molar-refractivity contribution in [3.63, 3.8) is 0 Å². The highest BCUT2D eigenvalue weighted by Gasteiger charge is 2.26. The molecule has 2 aromatic rings. The SMILES string of the molecule is CN1C(=O)c2cc(NC(=O)NC(C)(C)C)ccc2Oc2ccccc21. The Bertz CT molecular complexity index is 840. The lowest BCUT2D eigenvalue weighted by Gasteiger charge is -2.21. The summed E-state index contributed by atoms with van der Waals surface area (Å²) in [5, 5.41) is 5.57. The topological polar surface area (TPSA) is 70.7 Å². The predicted molar refractivity (Wildman–Crippen MR) is 97.6 cm³/mol. The largest absolute Gasteiger partial charge is 0.454 e. The second kappa shape index (κ2) is 6.12. The maximum absolute atomic E-state index is 12.8. The third-order valence-corrected chi connectivity index (χ3v) is 3.71. The van der Waals surface area contributed by atoms with Gasteiger partial charge in [-0.15, -0.1) is 0 Å². The maximum atomic E-state index is 12.8. The number of benzene rings is 2. The van der Waals surface area contributed by atoms with Gasteiger partial charge in [-0.3, -0.25) is 4.79 Å². The summed E-state index contributed by atoms with van der Waals surface area (Å²) in [6.45, 7) is 5.69. The molecule has 0 unspecified atom stereocenters. The van der Waals surface area contributed by atoms with Crippen molar-refractivity contribution in [3.05, 3.63) is 48.0 Å². The highest BCUT2D eigenvalue weighted by atomic mass is 16.5. The number of fused-ring (bicyclic) bond motifs is 2. The molecule has 0 spiro atoms. The quantitative estimate of drug-likeness (QED) is 0.825. The molecule has 6 nitrogen and oxygen atoms in total. The number of nitrogens with zero attached hydrogens (tertiary/aromatic N) is 1. The highest BCUT2D eigenvalue weighted by molar-refractivity contribution is 6.10. The molecular weight excluding hydrogens is 318 g/mol. The standard InChI is InChI=1S/C19H21N3O3/c1-19(2,3)21-18(24)20-12-9-10-15-13(11-12)17(23)22(4)14-7-5-6-8-16(14)25-15/h5-11H,1-4H3,(H2,20,21,24). The molecule has 0 fully saturated rings. The van der Waals surface area contributed by atoms with Crippen LogP contribution < -0.4 is 20.3 Å². The fraction of sp³-hybridized carbons (Fsp3) is 0.263. The van der Waals surface area contributed by atoms with E-state index in [1.165, 1.54) is 0 Å². The van der Waals surface area contributed by atoms with Crippen molar-refractivity contribution in [2.75, 3.05) is 17.3 Å². The second-order valence-electron chi connectivity index (χ2n) is 6.97. The Morgan fingerprint density at radius 2 is 1.80 bits per heavy atom. The number of ether oxygens (including phenoxy) is 1. The lowest BCUT2D eigenvalue weighted by atomic mass is 10.1. The summed E-state index contributed by atoms with van der Waals surface area (Å²) in [5.41, 5.74) is 1.27. The highest BCUT2D eigenvalue weighted by Crippen LogP contribution is 2.38. The summed E-state index contributed by atoms with van der Waals surface area (Å²) in [5.74, 6) is 0.881. The van der Waals surface area contributed by atoms with Gasteiger partial charge in [-0.25, -0.2) is 4.79 Å². The molecule has 130 valence electrons. The van der Waals surface area contributed by atoms with Crippen LogP contribution in [0.15, 0.2) is 42.5 Å². The summed E-state index contributed by atoms with van der Waals surface area (Å²) in [7, 11) is 1.70. The van der Waals surface area contributed by atoms with Crippen molar-refractivity contribution in [1.29, 1.82) is 0 Å². The molecule has 0 radical (unpaired) electrons. The van der Waals surface area contributed by atoms with Gasteiger partial charge in [-0.1, -0.05) is 12.1 Å². The molecule has 0 saturated carbocycles. The molecule has 2 aromatic carbocycles. The number of nitrogens with one attached hydrogen (secondary N) is 2. The summed E-state index contributed by atoms with van der Waals surface area (Å²) in [6, 6.07) is 12.1. The van der Waals surface area contributed by atoms with Crippen LogP contribution in [0.4, 0.5) is 16.2 Å². The average Bonchev–Trinajstić information content (AvgIpc) is 2.62. The third kappa shape index (κ3) is 3.57. The molecule has 3 rings (SSSR count). The first-order valence-electron chi connectivity index (χ1n) is 8.03. The Kier molecular flexibility index (Phi) is 4.12. The number of hydrogen-bond donors (Lipinski definition) is 2. The molecule has 3 amide bonds. The first kappa shape index (κ1) is 16.8. The van der Waals surface area contributed by atoms with Gasteiger partial charge in [0.25, 0.3) is 5.91 Å². The van der Waals surface area contributed by atoms with Crippen LogP contribution in [0.25, 0.3) is 0 Å². The second-order valence-corrected chi connectivity index (χ2v) is 6.97. The lowest BCUT2D eigenvalue weighted by Crippen LogP contribution is -2.43. The van der Waals surface area contributed by atoms with Gasteiger partial charge in [0.1, 0.15) is 5.75 Å². The lowest BCUT2D eigenvalue weighted by molar-refractivity contribution is 0.0993. The molecule has 0 bridgehead atoms. The fourth-order valence-corrected chi connectivity index (χ4v) is 2.60.